The molecule has 0 radical (unpaired) electrons. The lowest BCUT2D eigenvalue weighted by atomic mass is 10.4. The van der Waals surface area contributed by atoms with Gasteiger partial charge in [0.15, 0.2) is 5.82 Å². The minimum Gasteiger partial charge on any atom is -1.00 e. The zero-order valence-electron chi connectivity index (χ0n) is 18.4. The molecule has 7 heteroatoms. The molecule has 0 spiro atoms. The molecule has 5 nitrogen and oxygen atoms in total. The largest absolute Gasteiger partial charge is 1.00 e. The summed E-state index contributed by atoms with van der Waals surface area (Å²) in [4.78, 5) is 16.2. The summed E-state index contributed by atoms with van der Waals surface area (Å²) < 4.78 is 0. The lowest BCUT2D eigenvalue weighted by Crippen LogP contribution is -3.00. The van der Waals surface area contributed by atoms with Crippen LogP contribution in [0, 0.1) is 0 Å². The standard InChI is InChI=1S/C26H27N5P.BrH/c27-25-28-24(29-26(30-25)31-18-10-11-19-31)20-32(21-12-4-1-5-13-21,22-14-6-2-7-15-22)23-16-8-3-9-17-23;/h1-9,12-17H,10-11,18-20H2,(H2,27,28,29,30);1H/q+1;/p-1. The molecular formula is C26H27BrN5P. The molecular weight excluding hydrogens is 493 g/mol. The Labute approximate surface area is 206 Å². The molecule has 5 rings (SSSR count). The highest BCUT2D eigenvalue weighted by molar-refractivity contribution is 7.95. The maximum absolute atomic E-state index is 6.19. The van der Waals surface area contributed by atoms with Crippen molar-refractivity contribution in [1.29, 1.82) is 0 Å². The number of nitrogens with zero attached hydrogens (tertiary/aromatic N) is 4. The van der Waals surface area contributed by atoms with Gasteiger partial charge in [0.2, 0.25) is 11.9 Å². The van der Waals surface area contributed by atoms with E-state index >= 15 is 0 Å². The number of rotatable bonds is 6. The van der Waals surface area contributed by atoms with Gasteiger partial charge in [-0.2, -0.15) is 15.0 Å². The maximum atomic E-state index is 6.19. The minimum atomic E-state index is -2.07. The van der Waals surface area contributed by atoms with Crippen LogP contribution in [-0.4, -0.2) is 28.0 Å². The van der Waals surface area contributed by atoms with Crippen LogP contribution in [0.1, 0.15) is 18.7 Å². The number of benzene rings is 3. The van der Waals surface area contributed by atoms with Gasteiger partial charge < -0.3 is 27.6 Å². The quantitative estimate of drug-likeness (QED) is 0.377. The Morgan fingerprint density at radius 3 is 1.58 bits per heavy atom. The van der Waals surface area contributed by atoms with Crippen LogP contribution in [0.15, 0.2) is 91.0 Å². The van der Waals surface area contributed by atoms with Gasteiger partial charge in [0.25, 0.3) is 0 Å². The van der Waals surface area contributed by atoms with Gasteiger partial charge in [0.1, 0.15) is 29.3 Å². The summed E-state index contributed by atoms with van der Waals surface area (Å²) in [7, 11) is -2.07. The van der Waals surface area contributed by atoms with E-state index in [-0.39, 0.29) is 17.0 Å². The summed E-state index contributed by atoms with van der Waals surface area (Å²) in [5.74, 6) is 1.76. The SMILES string of the molecule is Nc1nc(C[P+](c2ccccc2)(c2ccccc2)c2ccccc2)nc(N2CCCC2)n1.[Br-]. The van der Waals surface area contributed by atoms with E-state index in [0.717, 1.165) is 31.8 Å². The number of anilines is 2. The minimum absolute atomic E-state index is 0. The third-order valence-electron chi connectivity index (χ3n) is 6.05. The fourth-order valence-corrected chi connectivity index (χ4v) is 8.59. The van der Waals surface area contributed by atoms with Gasteiger partial charge in [-0.05, 0) is 49.2 Å². The summed E-state index contributed by atoms with van der Waals surface area (Å²) in [6.07, 6.45) is 3.02. The second-order valence-corrected chi connectivity index (χ2v) is 11.6. The van der Waals surface area contributed by atoms with Crippen molar-refractivity contribution in [1.82, 2.24) is 15.0 Å². The lowest BCUT2D eigenvalue weighted by molar-refractivity contribution is -0.00000671. The van der Waals surface area contributed by atoms with E-state index in [9.17, 15) is 0 Å². The Bertz CT molecular complexity index is 1070. The van der Waals surface area contributed by atoms with Crippen LogP contribution < -0.4 is 43.5 Å². The third kappa shape index (κ3) is 4.78. The molecule has 2 heterocycles. The first-order valence-electron chi connectivity index (χ1n) is 11.1. The normalized spacial score (nSPS) is 13.5. The van der Waals surface area contributed by atoms with Crippen molar-refractivity contribution in [3.05, 3.63) is 96.8 Å². The number of hydrogen-bond acceptors (Lipinski definition) is 5. The first kappa shape index (κ1) is 23.3. The van der Waals surface area contributed by atoms with Gasteiger partial charge in [-0.1, -0.05) is 54.6 Å². The van der Waals surface area contributed by atoms with Crippen molar-refractivity contribution in [2.45, 2.75) is 19.0 Å². The molecule has 33 heavy (non-hydrogen) atoms. The van der Waals surface area contributed by atoms with Crippen LogP contribution in [0.3, 0.4) is 0 Å². The maximum Gasteiger partial charge on any atom is 0.230 e. The monoisotopic (exact) mass is 519 g/mol. The fourth-order valence-electron chi connectivity index (χ4n) is 4.54. The van der Waals surface area contributed by atoms with Crippen molar-refractivity contribution in [2.24, 2.45) is 0 Å². The second kappa shape index (κ2) is 10.4. The van der Waals surface area contributed by atoms with Crippen LogP contribution in [0.4, 0.5) is 11.9 Å². The molecule has 0 saturated carbocycles. The first-order chi connectivity index (χ1) is 15.8. The molecule has 1 aliphatic heterocycles. The van der Waals surface area contributed by atoms with Gasteiger partial charge in [-0.15, -0.1) is 0 Å². The van der Waals surface area contributed by atoms with Crippen molar-refractivity contribution in [3.63, 3.8) is 0 Å². The van der Waals surface area contributed by atoms with Gasteiger partial charge in [-0.25, -0.2) is 0 Å². The predicted octanol–water partition coefficient (Wildman–Crippen LogP) is 0.552. The Morgan fingerprint density at radius 2 is 1.12 bits per heavy atom. The second-order valence-electron chi connectivity index (χ2n) is 8.08. The molecule has 1 aliphatic rings. The van der Waals surface area contributed by atoms with Crippen LogP contribution in [0.2, 0.25) is 0 Å². The van der Waals surface area contributed by atoms with E-state index in [1.807, 2.05) is 0 Å². The van der Waals surface area contributed by atoms with E-state index in [4.69, 9.17) is 10.7 Å². The van der Waals surface area contributed by atoms with E-state index in [1.54, 1.807) is 0 Å². The third-order valence-corrected chi connectivity index (χ3v) is 10.3. The fraction of sp³-hybridized carbons (Fsp3) is 0.192. The number of halogens is 1. The van der Waals surface area contributed by atoms with E-state index in [2.05, 4.69) is 106 Å². The van der Waals surface area contributed by atoms with Gasteiger partial charge in [-0.3, -0.25) is 0 Å². The zero-order valence-corrected chi connectivity index (χ0v) is 20.9. The zero-order chi connectivity index (χ0) is 21.8. The average Bonchev–Trinajstić information content (AvgIpc) is 3.39. The average molecular weight is 520 g/mol. The van der Waals surface area contributed by atoms with Crippen molar-refractivity contribution < 1.29 is 17.0 Å². The Hall–Kier alpha value is -2.82. The molecule has 0 bridgehead atoms. The molecule has 1 saturated heterocycles. The highest BCUT2D eigenvalue weighted by Crippen LogP contribution is 2.57. The lowest BCUT2D eigenvalue weighted by Gasteiger charge is -2.27. The van der Waals surface area contributed by atoms with Crippen LogP contribution in [-0.2, 0) is 6.16 Å². The Balaban J connectivity index is 0.00000259. The van der Waals surface area contributed by atoms with Crippen molar-refractivity contribution >= 4 is 35.1 Å². The topological polar surface area (TPSA) is 67.9 Å². The summed E-state index contributed by atoms with van der Waals surface area (Å²) >= 11 is 0. The molecule has 0 unspecified atom stereocenters. The Kier molecular flexibility index (Phi) is 7.36. The molecule has 1 fully saturated rings. The van der Waals surface area contributed by atoms with Gasteiger partial charge >= 0.3 is 0 Å². The van der Waals surface area contributed by atoms with Crippen molar-refractivity contribution in [2.75, 3.05) is 23.7 Å². The highest BCUT2D eigenvalue weighted by atomic mass is 79.9. The van der Waals surface area contributed by atoms with Gasteiger partial charge in [0, 0.05) is 13.1 Å². The first-order valence-corrected chi connectivity index (χ1v) is 13.0. The van der Waals surface area contributed by atoms with E-state index < -0.39 is 7.26 Å². The van der Waals surface area contributed by atoms with Crippen LogP contribution in [0.25, 0.3) is 0 Å². The van der Waals surface area contributed by atoms with Crippen molar-refractivity contribution in [3.8, 4) is 0 Å². The molecule has 3 aromatic carbocycles. The number of aromatic nitrogens is 3. The molecule has 4 aromatic rings. The molecule has 0 aliphatic carbocycles. The number of nitrogens with two attached hydrogens (primary N) is 1. The summed E-state index contributed by atoms with van der Waals surface area (Å²) in [5.41, 5.74) is 6.19. The Morgan fingerprint density at radius 1 is 0.667 bits per heavy atom. The number of nitrogen functional groups attached to an aromatic ring is 1. The highest BCUT2D eigenvalue weighted by Gasteiger charge is 2.46. The summed E-state index contributed by atoms with van der Waals surface area (Å²) in [6, 6.07) is 32.3. The summed E-state index contributed by atoms with van der Waals surface area (Å²) in [6.45, 7) is 1.94. The smallest absolute Gasteiger partial charge is 0.230 e. The van der Waals surface area contributed by atoms with E-state index in [1.165, 1.54) is 15.9 Å². The molecule has 0 atom stereocenters. The van der Waals surface area contributed by atoms with E-state index in [0.29, 0.717) is 18.1 Å². The van der Waals surface area contributed by atoms with Gasteiger partial charge in [0.05, 0.1) is 0 Å². The summed E-state index contributed by atoms with van der Waals surface area (Å²) in [5, 5.41) is 3.91. The number of hydrogen-bond donors (Lipinski definition) is 1. The molecule has 168 valence electrons. The van der Waals surface area contributed by atoms with Crippen LogP contribution >= 0.6 is 7.26 Å². The predicted molar refractivity (Wildman–Crippen MR) is 135 cm³/mol. The molecule has 2 N–H and O–H groups in total. The molecule has 0 amide bonds. The van der Waals surface area contributed by atoms with Crippen LogP contribution in [0.5, 0.6) is 0 Å². The molecule has 1 aromatic heterocycles.